The van der Waals surface area contributed by atoms with Gasteiger partial charge in [-0.2, -0.15) is 4.98 Å². The van der Waals surface area contributed by atoms with Crippen LogP contribution in [0, 0.1) is 19.7 Å². The Bertz CT molecular complexity index is 1130. The van der Waals surface area contributed by atoms with Crippen molar-refractivity contribution in [2.45, 2.75) is 13.8 Å². The van der Waals surface area contributed by atoms with E-state index in [1.165, 1.54) is 16.8 Å². The summed E-state index contributed by atoms with van der Waals surface area (Å²) >= 11 is 0. The summed E-state index contributed by atoms with van der Waals surface area (Å²) in [7, 11) is 0. The number of amides is 1. The first-order valence-electron chi connectivity index (χ1n) is 8.50. The average molecular weight is 377 g/mol. The van der Waals surface area contributed by atoms with Crippen LogP contribution in [-0.4, -0.2) is 35.9 Å². The van der Waals surface area contributed by atoms with Gasteiger partial charge in [-0.25, -0.2) is 14.1 Å². The molecule has 8 nitrogen and oxygen atoms in total. The van der Waals surface area contributed by atoms with Gasteiger partial charge in [0.2, 0.25) is 11.8 Å². The molecule has 1 amide bonds. The Morgan fingerprint density at radius 1 is 1.04 bits per heavy atom. The van der Waals surface area contributed by atoms with Crippen LogP contribution in [-0.2, 0) is 0 Å². The normalized spacial score (nSPS) is 10.8. The van der Waals surface area contributed by atoms with E-state index in [-0.39, 0.29) is 17.6 Å². The third-order valence-corrected chi connectivity index (χ3v) is 4.08. The van der Waals surface area contributed by atoms with Crippen LogP contribution in [0.15, 0.2) is 48.5 Å². The van der Waals surface area contributed by atoms with E-state index < -0.39 is 5.91 Å². The van der Waals surface area contributed by atoms with Crippen LogP contribution in [0.25, 0.3) is 17.1 Å². The Balaban J connectivity index is 1.52. The number of rotatable bonds is 4. The molecule has 0 saturated heterocycles. The first-order valence-corrected chi connectivity index (χ1v) is 8.50. The van der Waals surface area contributed by atoms with E-state index in [9.17, 15) is 9.18 Å². The molecule has 0 atom stereocenters. The summed E-state index contributed by atoms with van der Waals surface area (Å²) in [6.45, 7) is 3.70. The van der Waals surface area contributed by atoms with Crippen LogP contribution in [0.5, 0.6) is 0 Å². The summed E-state index contributed by atoms with van der Waals surface area (Å²) in [5.41, 5.74) is 2.59. The molecule has 4 rings (SSSR count). The SMILES string of the molecule is Cc1ccc(-c2nc(NC(=O)c3nc(C)n(-c4ccc(F)cc4)n3)n[nH]2)cc1. The lowest BCUT2D eigenvalue weighted by Gasteiger charge is -2.01. The Morgan fingerprint density at radius 2 is 1.75 bits per heavy atom. The number of benzene rings is 2. The number of hydrogen-bond donors (Lipinski definition) is 2. The quantitative estimate of drug-likeness (QED) is 0.569. The number of nitrogens with one attached hydrogen (secondary N) is 2. The van der Waals surface area contributed by atoms with Crippen molar-refractivity contribution in [1.82, 2.24) is 29.9 Å². The van der Waals surface area contributed by atoms with Crippen molar-refractivity contribution >= 4 is 11.9 Å². The molecule has 0 unspecified atom stereocenters. The lowest BCUT2D eigenvalue weighted by Crippen LogP contribution is -2.15. The van der Waals surface area contributed by atoms with E-state index in [0.717, 1.165) is 11.1 Å². The van der Waals surface area contributed by atoms with Crippen molar-refractivity contribution in [3.63, 3.8) is 0 Å². The molecule has 0 aliphatic carbocycles. The molecular weight excluding hydrogens is 361 g/mol. The number of halogens is 1. The van der Waals surface area contributed by atoms with Gasteiger partial charge in [0.15, 0.2) is 5.82 Å². The second-order valence-corrected chi connectivity index (χ2v) is 6.20. The number of nitrogens with zero attached hydrogens (tertiary/aromatic N) is 5. The summed E-state index contributed by atoms with van der Waals surface area (Å²) in [6, 6.07) is 13.5. The fraction of sp³-hybridized carbons (Fsp3) is 0.105. The van der Waals surface area contributed by atoms with Crippen molar-refractivity contribution in [2.75, 3.05) is 5.32 Å². The van der Waals surface area contributed by atoms with E-state index in [0.29, 0.717) is 17.3 Å². The largest absolute Gasteiger partial charge is 0.297 e. The molecule has 0 aliphatic heterocycles. The van der Waals surface area contributed by atoms with Crippen molar-refractivity contribution in [1.29, 1.82) is 0 Å². The number of hydrogen-bond acceptors (Lipinski definition) is 5. The topological polar surface area (TPSA) is 101 Å². The van der Waals surface area contributed by atoms with Gasteiger partial charge in [-0.3, -0.25) is 15.2 Å². The summed E-state index contributed by atoms with van der Waals surface area (Å²) < 4.78 is 14.6. The molecule has 28 heavy (non-hydrogen) atoms. The maximum Gasteiger partial charge on any atom is 0.297 e. The zero-order chi connectivity index (χ0) is 19.7. The maximum atomic E-state index is 13.1. The Kier molecular flexibility index (Phi) is 4.40. The molecule has 4 aromatic rings. The molecule has 0 radical (unpaired) electrons. The van der Waals surface area contributed by atoms with E-state index >= 15 is 0 Å². The molecule has 9 heteroatoms. The number of aromatic amines is 1. The van der Waals surface area contributed by atoms with Crippen molar-refractivity contribution in [3.05, 3.63) is 71.6 Å². The summed E-state index contributed by atoms with van der Waals surface area (Å²) in [5.74, 6) is 0.218. The number of H-pyrrole nitrogens is 1. The lowest BCUT2D eigenvalue weighted by molar-refractivity contribution is 0.101. The zero-order valence-electron chi connectivity index (χ0n) is 15.1. The van der Waals surface area contributed by atoms with Gasteiger partial charge in [0.05, 0.1) is 5.69 Å². The number of carbonyl (C=O) groups is 1. The fourth-order valence-corrected chi connectivity index (χ4v) is 2.63. The van der Waals surface area contributed by atoms with Crippen LogP contribution in [0.3, 0.4) is 0 Å². The maximum absolute atomic E-state index is 13.1. The molecule has 0 fully saturated rings. The standard InChI is InChI=1S/C19H16FN7O/c1-11-3-5-13(6-4-11)16-22-19(25-24-16)23-18(28)17-21-12(2)27(26-17)15-9-7-14(20)8-10-15/h3-10H,1-2H3,(H2,22,23,24,25,28). The van der Waals surface area contributed by atoms with Gasteiger partial charge in [0, 0.05) is 5.56 Å². The third-order valence-electron chi connectivity index (χ3n) is 4.08. The van der Waals surface area contributed by atoms with E-state index in [1.807, 2.05) is 31.2 Å². The highest BCUT2D eigenvalue weighted by molar-refractivity contribution is 6.00. The summed E-state index contributed by atoms with van der Waals surface area (Å²) in [4.78, 5) is 20.9. The van der Waals surface area contributed by atoms with Crippen molar-refractivity contribution in [2.24, 2.45) is 0 Å². The van der Waals surface area contributed by atoms with E-state index in [1.54, 1.807) is 19.1 Å². The lowest BCUT2D eigenvalue weighted by atomic mass is 10.1. The number of aromatic nitrogens is 6. The second kappa shape index (κ2) is 7.03. The van der Waals surface area contributed by atoms with Gasteiger partial charge in [-0.1, -0.05) is 29.8 Å². The Morgan fingerprint density at radius 3 is 2.46 bits per heavy atom. The molecular formula is C19H16FN7O. The summed E-state index contributed by atoms with van der Waals surface area (Å²) in [5, 5.41) is 13.6. The van der Waals surface area contributed by atoms with Crippen molar-refractivity contribution < 1.29 is 9.18 Å². The number of anilines is 1. The van der Waals surface area contributed by atoms with Crippen LogP contribution in [0.1, 0.15) is 22.0 Å². The minimum absolute atomic E-state index is 0.0384. The fourth-order valence-electron chi connectivity index (χ4n) is 2.63. The van der Waals surface area contributed by atoms with Gasteiger partial charge < -0.3 is 0 Å². The van der Waals surface area contributed by atoms with Gasteiger partial charge in [0.25, 0.3) is 5.91 Å². The van der Waals surface area contributed by atoms with Gasteiger partial charge in [-0.05, 0) is 38.1 Å². The number of aryl methyl sites for hydroxylation is 2. The van der Waals surface area contributed by atoms with Crippen LogP contribution in [0.4, 0.5) is 10.3 Å². The molecule has 0 spiro atoms. The minimum Gasteiger partial charge on any atom is -0.286 e. The van der Waals surface area contributed by atoms with Crippen molar-refractivity contribution in [3.8, 4) is 17.1 Å². The Hall–Kier alpha value is -3.88. The highest BCUT2D eigenvalue weighted by Gasteiger charge is 2.17. The first-order chi connectivity index (χ1) is 13.5. The molecule has 140 valence electrons. The molecule has 0 aliphatic rings. The van der Waals surface area contributed by atoms with Gasteiger partial charge >= 0.3 is 0 Å². The second-order valence-electron chi connectivity index (χ2n) is 6.20. The predicted molar refractivity (Wildman–Crippen MR) is 101 cm³/mol. The molecule has 0 bridgehead atoms. The molecule has 2 heterocycles. The average Bonchev–Trinajstić information content (AvgIpc) is 3.30. The monoisotopic (exact) mass is 377 g/mol. The molecule has 2 aromatic carbocycles. The third kappa shape index (κ3) is 3.50. The van der Waals surface area contributed by atoms with Crippen LogP contribution >= 0.6 is 0 Å². The van der Waals surface area contributed by atoms with Crippen LogP contribution in [0.2, 0.25) is 0 Å². The van der Waals surface area contributed by atoms with E-state index in [4.69, 9.17) is 0 Å². The number of carbonyl (C=O) groups excluding carboxylic acids is 1. The van der Waals surface area contributed by atoms with Gasteiger partial charge in [0.1, 0.15) is 11.6 Å². The van der Waals surface area contributed by atoms with E-state index in [2.05, 4.69) is 30.6 Å². The van der Waals surface area contributed by atoms with Gasteiger partial charge in [-0.15, -0.1) is 10.2 Å². The highest BCUT2D eigenvalue weighted by atomic mass is 19.1. The van der Waals surface area contributed by atoms with Crippen LogP contribution < -0.4 is 5.32 Å². The predicted octanol–water partition coefficient (Wildman–Crippen LogP) is 3.06. The highest BCUT2D eigenvalue weighted by Crippen LogP contribution is 2.17. The molecule has 2 aromatic heterocycles. The minimum atomic E-state index is -0.543. The molecule has 0 saturated carbocycles. The first kappa shape index (κ1) is 17.5. The Labute approximate surface area is 159 Å². The zero-order valence-corrected chi connectivity index (χ0v) is 15.1. The smallest absolute Gasteiger partial charge is 0.286 e. The summed E-state index contributed by atoms with van der Waals surface area (Å²) in [6.07, 6.45) is 0. The molecule has 2 N–H and O–H groups in total.